The fourth-order valence-electron chi connectivity index (χ4n) is 4.46. The molecule has 3 aromatic rings. The number of carbonyl (C=O) groups is 1. The Hall–Kier alpha value is -4.40. The average molecular weight is 538 g/mol. The minimum atomic E-state index is -0.699. The quantitative estimate of drug-likeness (QED) is 0.496. The van der Waals surface area contributed by atoms with Crippen LogP contribution in [0.5, 0.6) is 23.1 Å². The van der Waals surface area contributed by atoms with E-state index in [0.717, 1.165) is 5.56 Å². The summed E-state index contributed by atoms with van der Waals surface area (Å²) in [7, 11) is 3.02. The molecule has 0 aliphatic carbocycles. The lowest BCUT2D eigenvalue weighted by atomic mass is 9.83. The van der Waals surface area contributed by atoms with Crippen molar-refractivity contribution >= 4 is 17.7 Å². The maximum absolute atomic E-state index is 12.7. The van der Waals surface area contributed by atoms with Gasteiger partial charge in [0.15, 0.2) is 11.5 Å². The number of fused-ring (bicyclic) bond motifs is 1. The number of nitrogens with one attached hydrogen (secondary N) is 1. The molecule has 1 saturated heterocycles. The Morgan fingerprint density at radius 1 is 1.21 bits per heavy atom. The van der Waals surface area contributed by atoms with E-state index in [0.29, 0.717) is 48.9 Å². The second-order valence-electron chi connectivity index (χ2n) is 8.47. The van der Waals surface area contributed by atoms with Gasteiger partial charge in [-0.05, 0) is 42.0 Å². The zero-order chi connectivity index (χ0) is 26.8. The molecule has 1 fully saturated rings. The van der Waals surface area contributed by atoms with Gasteiger partial charge in [-0.1, -0.05) is 11.6 Å². The number of aromatic nitrogens is 2. The first-order valence-electron chi connectivity index (χ1n) is 11.7. The number of halogens is 1. The molecule has 0 bridgehead atoms. The molecule has 1 atom stereocenters. The summed E-state index contributed by atoms with van der Waals surface area (Å²) < 4.78 is 27.4. The number of nitrogens with zero attached hydrogens (tertiary/aromatic N) is 3. The molecule has 5 rings (SSSR count). The van der Waals surface area contributed by atoms with Crippen molar-refractivity contribution in [3.05, 3.63) is 64.0 Å². The molecule has 0 spiro atoms. The normalized spacial score (nSPS) is 16.8. The van der Waals surface area contributed by atoms with Crippen LogP contribution in [0.25, 0.3) is 11.3 Å². The Morgan fingerprint density at radius 3 is 2.61 bits per heavy atom. The SMILES string of the molecule is COc1ccc(-c2[nH]nc3c2C(c2cc(Cl)c(OC(=O)N4CCOCC4)c(OC)c2)C(C#N)=C(N)O3)cc1. The molecular formula is C26H24ClN5O6. The lowest BCUT2D eigenvalue weighted by molar-refractivity contribution is 0.0413. The third-order valence-electron chi connectivity index (χ3n) is 6.36. The van der Waals surface area contributed by atoms with Crippen LogP contribution in [0.15, 0.2) is 47.9 Å². The number of morpholine rings is 1. The molecule has 12 heteroatoms. The number of carbonyl (C=O) groups excluding carboxylic acids is 1. The number of amides is 1. The van der Waals surface area contributed by atoms with Crippen LogP contribution in [-0.4, -0.2) is 61.7 Å². The summed E-state index contributed by atoms with van der Waals surface area (Å²) >= 11 is 6.63. The van der Waals surface area contributed by atoms with Gasteiger partial charge in [0.05, 0.1) is 49.6 Å². The predicted octanol–water partition coefficient (Wildman–Crippen LogP) is 3.80. The number of rotatable bonds is 5. The van der Waals surface area contributed by atoms with Crippen LogP contribution in [0, 0.1) is 11.3 Å². The topological polar surface area (TPSA) is 145 Å². The van der Waals surface area contributed by atoms with Gasteiger partial charge in [0.1, 0.15) is 17.4 Å². The highest BCUT2D eigenvalue weighted by molar-refractivity contribution is 6.32. The Balaban J connectivity index is 1.58. The molecule has 196 valence electrons. The lowest BCUT2D eigenvalue weighted by Gasteiger charge is -2.27. The number of allylic oxidation sites excluding steroid dienone is 1. The minimum absolute atomic E-state index is 0.0692. The van der Waals surface area contributed by atoms with Gasteiger partial charge in [0.2, 0.25) is 11.8 Å². The summed E-state index contributed by atoms with van der Waals surface area (Å²) in [5.74, 6) is 0.434. The molecule has 2 aromatic carbocycles. The third kappa shape index (κ3) is 4.55. The van der Waals surface area contributed by atoms with Gasteiger partial charge >= 0.3 is 6.09 Å². The van der Waals surface area contributed by atoms with Gasteiger partial charge in [-0.2, -0.15) is 5.26 Å². The molecule has 11 nitrogen and oxygen atoms in total. The summed E-state index contributed by atoms with van der Waals surface area (Å²) in [5.41, 5.74) is 8.88. The Morgan fingerprint density at radius 2 is 1.95 bits per heavy atom. The van der Waals surface area contributed by atoms with E-state index in [4.69, 9.17) is 41.0 Å². The maximum Gasteiger partial charge on any atom is 0.415 e. The van der Waals surface area contributed by atoms with Crippen LogP contribution in [-0.2, 0) is 4.74 Å². The highest BCUT2D eigenvalue weighted by Gasteiger charge is 2.37. The van der Waals surface area contributed by atoms with Gasteiger partial charge < -0.3 is 34.3 Å². The van der Waals surface area contributed by atoms with Crippen molar-refractivity contribution in [1.82, 2.24) is 15.1 Å². The van der Waals surface area contributed by atoms with Gasteiger partial charge in [-0.3, -0.25) is 5.10 Å². The average Bonchev–Trinajstić information content (AvgIpc) is 3.36. The standard InChI is InChI=1S/C26H24ClN5O6/c1-34-16-5-3-14(4-6-16)22-21-20(17(13-28)24(29)38-25(21)31-30-22)15-11-18(27)23(19(12-15)35-2)37-26(33)32-7-9-36-10-8-32/h3-6,11-12,20H,7-10,29H2,1-2H3,(H,30,31). The number of aromatic amines is 1. The number of nitrogens with two attached hydrogens (primary N) is 1. The summed E-state index contributed by atoms with van der Waals surface area (Å²) in [6, 6.07) is 12.8. The van der Waals surface area contributed by atoms with Crippen LogP contribution in [0.2, 0.25) is 5.02 Å². The summed E-state index contributed by atoms with van der Waals surface area (Å²) in [5, 5.41) is 17.4. The van der Waals surface area contributed by atoms with E-state index < -0.39 is 12.0 Å². The number of H-pyrrole nitrogens is 1. The molecule has 1 aromatic heterocycles. The first-order valence-corrected chi connectivity index (χ1v) is 12.0. The number of hydrogen-bond donors (Lipinski definition) is 2. The molecule has 3 N–H and O–H groups in total. The van der Waals surface area contributed by atoms with E-state index >= 15 is 0 Å². The van der Waals surface area contributed by atoms with E-state index in [2.05, 4.69) is 16.3 Å². The first kappa shape index (κ1) is 25.3. The molecule has 0 saturated carbocycles. The fourth-order valence-corrected chi connectivity index (χ4v) is 4.72. The highest BCUT2D eigenvalue weighted by Crippen LogP contribution is 2.48. The van der Waals surface area contributed by atoms with Gasteiger partial charge in [0.25, 0.3) is 0 Å². The van der Waals surface area contributed by atoms with Gasteiger partial charge in [-0.15, -0.1) is 5.10 Å². The minimum Gasteiger partial charge on any atom is -0.497 e. The first-order chi connectivity index (χ1) is 18.4. The van der Waals surface area contributed by atoms with Crippen LogP contribution in [0.1, 0.15) is 17.0 Å². The van der Waals surface area contributed by atoms with Crippen molar-refractivity contribution in [2.75, 3.05) is 40.5 Å². The number of nitriles is 1. The molecule has 3 heterocycles. The molecule has 2 aliphatic heterocycles. The van der Waals surface area contributed by atoms with E-state index in [1.807, 2.05) is 24.3 Å². The van der Waals surface area contributed by atoms with Crippen LogP contribution < -0.4 is 24.7 Å². The molecule has 0 radical (unpaired) electrons. The zero-order valence-corrected chi connectivity index (χ0v) is 21.4. The van der Waals surface area contributed by atoms with E-state index in [1.54, 1.807) is 19.2 Å². The van der Waals surface area contributed by atoms with Crippen LogP contribution >= 0.6 is 11.6 Å². The second kappa shape index (κ2) is 10.5. The number of methoxy groups -OCH3 is 2. The van der Waals surface area contributed by atoms with Crippen molar-refractivity contribution in [3.63, 3.8) is 0 Å². The van der Waals surface area contributed by atoms with Crippen LogP contribution in [0.4, 0.5) is 4.79 Å². The van der Waals surface area contributed by atoms with E-state index in [9.17, 15) is 10.1 Å². The molecular weight excluding hydrogens is 514 g/mol. The monoisotopic (exact) mass is 537 g/mol. The van der Waals surface area contributed by atoms with Crippen molar-refractivity contribution < 1.29 is 28.5 Å². The second-order valence-corrected chi connectivity index (χ2v) is 8.88. The molecule has 38 heavy (non-hydrogen) atoms. The zero-order valence-electron chi connectivity index (χ0n) is 20.6. The Bertz CT molecular complexity index is 1440. The van der Waals surface area contributed by atoms with E-state index in [1.165, 1.54) is 12.0 Å². The molecule has 2 aliphatic rings. The van der Waals surface area contributed by atoms with Crippen molar-refractivity contribution in [2.24, 2.45) is 5.73 Å². The molecule has 1 unspecified atom stereocenters. The van der Waals surface area contributed by atoms with Gasteiger partial charge in [0, 0.05) is 18.7 Å². The van der Waals surface area contributed by atoms with Crippen molar-refractivity contribution in [3.8, 4) is 40.5 Å². The molecule has 1 amide bonds. The lowest BCUT2D eigenvalue weighted by Crippen LogP contribution is -2.42. The van der Waals surface area contributed by atoms with Gasteiger partial charge in [-0.25, -0.2) is 4.79 Å². The highest BCUT2D eigenvalue weighted by atomic mass is 35.5. The van der Waals surface area contributed by atoms with E-state index in [-0.39, 0.29) is 33.9 Å². The number of hydrogen-bond acceptors (Lipinski definition) is 9. The summed E-state index contributed by atoms with van der Waals surface area (Å²) in [4.78, 5) is 14.3. The predicted molar refractivity (Wildman–Crippen MR) is 136 cm³/mol. The fraction of sp³-hybridized carbons (Fsp3) is 0.269. The Labute approximate surface area is 223 Å². The largest absolute Gasteiger partial charge is 0.497 e. The number of ether oxygens (including phenoxy) is 5. The van der Waals surface area contributed by atoms with Crippen LogP contribution in [0.3, 0.4) is 0 Å². The number of benzene rings is 2. The van der Waals surface area contributed by atoms with Crippen molar-refractivity contribution in [1.29, 1.82) is 5.26 Å². The summed E-state index contributed by atoms with van der Waals surface area (Å²) in [6.07, 6.45) is -0.562. The van der Waals surface area contributed by atoms with Crippen molar-refractivity contribution in [2.45, 2.75) is 5.92 Å². The smallest absolute Gasteiger partial charge is 0.415 e. The summed E-state index contributed by atoms with van der Waals surface area (Å²) in [6.45, 7) is 1.67. The third-order valence-corrected chi connectivity index (χ3v) is 6.64. The Kier molecular flexibility index (Phi) is 7.00. The maximum atomic E-state index is 12.7.